The molecular formula is C17H14ClF3N2O2. The van der Waals surface area contributed by atoms with Crippen molar-refractivity contribution in [2.24, 2.45) is 5.10 Å². The van der Waals surface area contributed by atoms with E-state index >= 15 is 0 Å². The van der Waals surface area contributed by atoms with Gasteiger partial charge in [0.15, 0.2) is 6.61 Å². The molecule has 0 aliphatic heterocycles. The minimum Gasteiger partial charge on any atom is -0.483 e. The number of rotatable bonds is 5. The Morgan fingerprint density at radius 1 is 1.28 bits per heavy atom. The molecule has 0 bridgehead atoms. The van der Waals surface area contributed by atoms with E-state index in [0.29, 0.717) is 10.8 Å². The van der Waals surface area contributed by atoms with Gasteiger partial charge in [-0.2, -0.15) is 18.3 Å². The zero-order valence-corrected chi connectivity index (χ0v) is 13.9. The molecule has 8 heteroatoms. The summed E-state index contributed by atoms with van der Waals surface area (Å²) in [6, 6.07) is 9.84. The molecule has 2 aromatic carbocycles. The summed E-state index contributed by atoms with van der Waals surface area (Å²) in [6.07, 6.45) is -3.56. The maximum absolute atomic E-state index is 12.8. The van der Waals surface area contributed by atoms with Crippen LogP contribution in [0, 0.1) is 6.92 Å². The number of hydrogen-bond donors (Lipinski definition) is 1. The Hall–Kier alpha value is -2.54. The Kier molecular flexibility index (Phi) is 6.03. The zero-order chi connectivity index (χ0) is 18.4. The second kappa shape index (κ2) is 8.02. The Balaban J connectivity index is 1.93. The minimum absolute atomic E-state index is 0.148. The first-order valence-electron chi connectivity index (χ1n) is 7.14. The number of nitrogens with one attached hydrogen (secondary N) is 1. The number of hydrogen-bond acceptors (Lipinski definition) is 3. The van der Waals surface area contributed by atoms with Crippen molar-refractivity contribution in [2.45, 2.75) is 13.1 Å². The fourth-order valence-electron chi connectivity index (χ4n) is 1.99. The zero-order valence-electron chi connectivity index (χ0n) is 13.1. The van der Waals surface area contributed by atoms with Gasteiger partial charge in [0.1, 0.15) is 5.75 Å². The molecule has 0 atom stereocenters. The van der Waals surface area contributed by atoms with Crippen molar-refractivity contribution < 1.29 is 22.7 Å². The van der Waals surface area contributed by atoms with E-state index in [-0.39, 0.29) is 12.2 Å². The highest BCUT2D eigenvalue weighted by molar-refractivity contribution is 6.30. The van der Waals surface area contributed by atoms with Crippen LogP contribution in [0.3, 0.4) is 0 Å². The summed E-state index contributed by atoms with van der Waals surface area (Å²) in [7, 11) is 0. The molecule has 1 N–H and O–H groups in total. The lowest BCUT2D eigenvalue weighted by Gasteiger charge is -2.09. The lowest BCUT2D eigenvalue weighted by Crippen LogP contribution is -2.25. The van der Waals surface area contributed by atoms with Gasteiger partial charge in [-0.25, -0.2) is 5.43 Å². The summed E-state index contributed by atoms with van der Waals surface area (Å²) < 4.78 is 43.8. The maximum atomic E-state index is 12.8. The smallest absolute Gasteiger partial charge is 0.417 e. The minimum atomic E-state index is -4.50. The first-order valence-corrected chi connectivity index (χ1v) is 7.52. The third-order valence-corrected chi connectivity index (χ3v) is 3.39. The molecular weight excluding hydrogens is 357 g/mol. The van der Waals surface area contributed by atoms with E-state index in [0.717, 1.165) is 17.8 Å². The highest BCUT2D eigenvalue weighted by Gasteiger charge is 2.32. The number of aryl methyl sites for hydroxylation is 1. The summed E-state index contributed by atoms with van der Waals surface area (Å²) in [5.74, 6) is -0.124. The van der Waals surface area contributed by atoms with Gasteiger partial charge >= 0.3 is 6.18 Å². The molecule has 2 aromatic rings. The molecule has 0 aromatic heterocycles. The van der Waals surface area contributed by atoms with E-state index in [1.807, 2.05) is 0 Å². The van der Waals surface area contributed by atoms with Crippen molar-refractivity contribution in [3.63, 3.8) is 0 Å². The molecule has 0 spiro atoms. The molecule has 0 heterocycles. The average molecular weight is 371 g/mol. The van der Waals surface area contributed by atoms with Crippen LogP contribution >= 0.6 is 11.6 Å². The highest BCUT2D eigenvalue weighted by atomic mass is 35.5. The van der Waals surface area contributed by atoms with E-state index in [1.54, 1.807) is 25.1 Å². The maximum Gasteiger partial charge on any atom is 0.417 e. The van der Waals surface area contributed by atoms with Crippen molar-refractivity contribution in [3.8, 4) is 5.75 Å². The number of alkyl halides is 3. The van der Waals surface area contributed by atoms with Crippen LogP contribution < -0.4 is 10.2 Å². The molecule has 1 amide bonds. The van der Waals surface area contributed by atoms with Crippen LogP contribution in [0.15, 0.2) is 47.6 Å². The van der Waals surface area contributed by atoms with Crippen LogP contribution in [0.1, 0.15) is 16.7 Å². The lowest BCUT2D eigenvalue weighted by atomic mass is 10.1. The second-order valence-corrected chi connectivity index (χ2v) is 5.51. The topological polar surface area (TPSA) is 50.7 Å². The number of nitrogens with zero attached hydrogens (tertiary/aromatic N) is 1. The Labute approximate surface area is 147 Å². The van der Waals surface area contributed by atoms with E-state index < -0.39 is 17.6 Å². The number of benzene rings is 2. The summed E-state index contributed by atoms with van der Waals surface area (Å²) in [4.78, 5) is 11.7. The molecule has 0 fully saturated rings. The average Bonchev–Trinajstić information content (AvgIpc) is 2.53. The SMILES string of the molecule is Cc1cc(Cl)ccc1OCC(=O)N/N=C\c1ccccc1C(F)(F)F. The predicted octanol–water partition coefficient (Wildman–Crippen LogP) is 4.20. The Morgan fingerprint density at radius 3 is 2.68 bits per heavy atom. The number of carbonyl (C=O) groups is 1. The van der Waals surface area contributed by atoms with Crippen molar-refractivity contribution in [1.29, 1.82) is 0 Å². The fourth-order valence-corrected chi connectivity index (χ4v) is 2.22. The molecule has 25 heavy (non-hydrogen) atoms. The Morgan fingerprint density at radius 2 is 2.00 bits per heavy atom. The summed E-state index contributed by atoms with van der Waals surface area (Å²) in [6.45, 7) is 1.44. The summed E-state index contributed by atoms with van der Waals surface area (Å²) in [5.41, 5.74) is 1.89. The van der Waals surface area contributed by atoms with Crippen LogP contribution in [-0.2, 0) is 11.0 Å². The molecule has 0 radical (unpaired) electrons. The number of ether oxygens (including phenoxy) is 1. The molecule has 0 saturated heterocycles. The third-order valence-electron chi connectivity index (χ3n) is 3.15. The lowest BCUT2D eigenvalue weighted by molar-refractivity contribution is -0.137. The molecule has 0 aliphatic carbocycles. The van der Waals surface area contributed by atoms with E-state index in [4.69, 9.17) is 16.3 Å². The molecule has 0 aliphatic rings. The van der Waals surface area contributed by atoms with Crippen LogP contribution in [0.2, 0.25) is 5.02 Å². The van der Waals surface area contributed by atoms with Gasteiger partial charge in [0, 0.05) is 10.6 Å². The van der Waals surface area contributed by atoms with Crippen molar-refractivity contribution >= 4 is 23.7 Å². The highest BCUT2D eigenvalue weighted by Crippen LogP contribution is 2.31. The van der Waals surface area contributed by atoms with Crippen molar-refractivity contribution in [2.75, 3.05) is 6.61 Å². The fraction of sp³-hybridized carbons (Fsp3) is 0.176. The number of halogens is 4. The normalized spacial score (nSPS) is 11.6. The first kappa shape index (κ1) is 18.8. The van der Waals surface area contributed by atoms with Gasteiger partial charge < -0.3 is 4.74 Å². The van der Waals surface area contributed by atoms with E-state index in [1.165, 1.54) is 18.2 Å². The largest absolute Gasteiger partial charge is 0.483 e. The van der Waals surface area contributed by atoms with E-state index in [9.17, 15) is 18.0 Å². The predicted molar refractivity (Wildman–Crippen MR) is 88.9 cm³/mol. The van der Waals surface area contributed by atoms with Gasteiger partial charge in [-0.15, -0.1) is 0 Å². The quantitative estimate of drug-likeness (QED) is 0.633. The molecule has 0 unspecified atom stereocenters. The number of hydrazone groups is 1. The van der Waals surface area contributed by atoms with Gasteiger partial charge in [-0.3, -0.25) is 4.79 Å². The van der Waals surface area contributed by atoms with Gasteiger partial charge in [0.25, 0.3) is 5.91 Å². The molecule has 2 rings (SSSR count). The van der Waals surface area contributed by atoms with Crippen LogP contribution in [-0.4, -0.2) is 18.7 Å². The van der Waals surface area contributed by atoms with Gasteiger partial charge in [-0.1, -0.05) is 29.8 Å². The molecule has 4 nitrogen and oxygen atoms in total. The number of carbonyl (C=O) groups excluding carboxylic acids is 1. The molecule has 0 saturated carbocycles. The van der Waals surface area contributed by atoms with E-state index in [2.05, 4.69) is 10.5 Å². The summed E-state index contributed by atoms with van der Waals surface area (Å²) in [5, 5.41) is 4.08. The monoisotopic (exact) mass is 370 g/mol. The summed E-state index contributed by atoms with van der Waals surface area (Å²) >= 11 is 5.82. The second-order valence-electron chi connectivity index (χ2n) is 5.08. The first-order chi connectivity index (χ1) is 11.8. The Bertz CT molecular complexity index is 792. The van der Waals surface area contributed by atoms with Crippen molar-refractivity contribution in [3.05, 3.63) is 64.2 Å². The van der Waals surface area contributed by atoms with Crippen LogP contribution in [0.5, 0.6) is 5.75 Å². The standard InChI is InChI=1S/C17H14ClF3N2O2/c1-11-8-13(18)6-7-15(11)25-10-16(24)23-22-9-12-4-2-3-5-14(12)17(19,20)21/h2-9H,10H2,1H3,(H,23,24)/b22-9-. The number of amides is 1. The van der Waals surface area contributed by atoms with Crippen LogP contribution in [0.4, 0.5) is 13.2 Å². The van der Waals surface area contributed by atoms with Gasteiger partial charge in [0.2, 0.25) is 0 Å². The van der Waals surface area contributed by atoms with Gasteiger partial charge in [-0.05, 0) is 36.8 Å². The van der Waals surface area contributed by atoms with Crippen molar-refractivity contribution in [1.82, 2.24) is 5.43 Å². The van der Waals surface area contributed by atoms with Gasteiger partial charge in [0.05, 0.1) is 11.8 Å². The van der Waals surface area contributed by atoms with Crippen LogP contribution in [0.25, 0.3) is 0 Å². The molecule has 132 valence electrons. The third kappa shape index (κ3) is 5.49.